The van der Waals surface area contributed by atoms with E-state index in [0.29, 0.717) is 116 Å². The van der Waals surface area contributed by atoms with Gasteiger partial charge in [-0.3, -0.25) is 33.9 Å². The second-order valence-corrected chi connectivity index (χ2v) is 23.1. The summed E-state index contributed by atoms with van der Waals surface area (Å²) in [7, 11) is 0. The molecule has 21 heteroatoms. The summed E-state index contributed by atoms with van der Waals surface area (Å²) in [5.41, 5.74) is 12.1. The molecule has 5 fully saturated rings. The van der Waals surface area contributed by atoms with E-state index >= 15 is 0 Å². The molecule has 17 nitrogen and oxygen atoms in total. The Morgan fingerprint density at radius 3 is 1.25 bits per heavy atom. The summed E-state index contributed by atoms with van der Waals surface area (Å²) in [6.45, 7) is 12.2. The van der Waals surface area contributed by atoms with E-state index in [2.05, 4.69) is 38.9 Å². The third-order valence-electron chi connectivity index (χ3n) is 15.1. The van der Waals surface area contributed by atoms with Crippen molar-refractivity contribution in [1.29, 1.82) is 0 Å². The Bertz CT molecular complexity index is 3810. The van der Waals surface area contributed by atoms with Gasteiger partial charge in [-0.25, -0.2) is 5.01 Å². The summed E-state index contributed by atoms with van der Waals surface area (Å²) in [6.07, 6.45) is 7.11. The van der Waals surface area contributed by atoms with Crippen LogP contribution in [0.1, 0.15) is 139 Å². The quantitative estimate of drug-likeness (QED) is 0.108. The van der Waals surface area contributed by atoms with Crippen LogP contribution >= 0.6 is 46.4 Å². The number of furan rings is 3. The van der Waals surface area contributed by atoms with Crippen LogP contribution < -0.4 is 5.43 Å². The number of benzene rings is 3. The van der Waals surface area contributed by atoms with Crippen molar-refractivity contribution in [3.63, 3.8) is 0 Å². The van der Waals surface area contributed by atoms with Crippen LogP contribution in [0.5, 0.6) is 0 Å². The number of rotatable bonds is 13. The first-order chi connectivity index (χ1) is 38.7. The molecular weight excluding hydrogens is 1100 g/mol. The molecule has 3 aromatic carbocycles. The lowest BCUT2D eigenvalue weighted by molar-refractivity contribution is 0.0124. The molecule has 2 saturated heterocycles. The Labute approximate surface area is 480 Å². The predicted molar refractivity (Wildman–Crippen MR) is 305 cm³/mol. The second-order valence-electron chi connectivity index (χ2n) is 21.4. The van der Waals surface area contributed by atoms with Gasteiger partial charge in [-0.15, -0.1) is 0 Å². The topological polar surface area (TPSA) is 181 Å². The van der Waals surface area contributed by atoms with Crippen molar-refractivity contribution >= 4 is 96.4 Å². The van der Waals surface area contributed by atoms with Gasteiger partial charge in [0.05, 0.1) is 46.1 Å². The van der Waals surface area contributed by atoms with E-state index in [1.807, 2.05) is 77.6 Å². The number of nitrogens with one attached hydrogen (secondary N) is 1. The minimum atomic E-state index is -0.558. The maximum atomic E-state index is 12.7. The number of carbonyl (C=O) groups is 3. The Balaban J connectivity index is 0.000000120. The molecule has 6 aromatic heterocycles. The molecule has 2 aliphatic heterocycles. The zero-order chi connectivity index (χ0) is 55.3. The van der Waals surface area contributed by atoms with E-state index in [1.54, 1.807) is 21.7 Å². The van der Waals surface area contributed by atoms with Gasteiger partial charge in [0.2, 0.25) is 0 Å². The van der Waals surface area contributed by atoms with E-state index in [0.717, 1.165) is 84.0 Å². The minimum Gasteiger partial charge on any atom is -0.460 e. The number of amides is 2. The maximum absolute atomic E-state index is 12.7. The smallest absolute Gasteiger partial charge is 0.286 e. The molecule has 1 N–H and O–H groups in total. The predicted octanol–water partition coefficient (Wildman–Crippen LogP) is 12.4. The largest absolute Gasteiger partial charge is 0.460 e. The molecule has 3 saturated carbocycles. The van der Waals surface area contributed by atoms with E-state index in [9.17, 15) is 14.4 Å². The van der Waals surface area contributed by atoms with E-state index < -0.39 is 5.24 Å². The zero-order valence-electron chi connectivity index (χ0n) is 44.5. The summed E-state index contributed by atoms with van der Waals surface area (Å²) < 4.78 is 34.4. The number of hydrazine groups is 1. The first-order valence-electron chi connectivity index (χ1n) is 27.2. The van der Waals surface area contributed by atoms with Crippen LogP contribution in [0.15, 0.2) is 86.0 Å². The minimum absolute atomic E-state index is 0.0459. The van der Waals surface area contributed by atoms with Gasteiger partial charge in [0.1, 0.15) is 39.7 Å². The van der Waals surface area contributed by atoms with E-state index in [-0.39, 0.29) is 17.5 Å². The molecule has 0 atom stereocenters. The van der Waals surface area contributed by atoms with Gasteiger partial charge in [-0.1, -0.05) is 34.8 Å². The summed E-state index contributed by atoms with van der Waals surface area (Å²) in [5.74, 6) is 4.47. The molecule has 3 aliphatic carbocycles. The lowest BCUT2D eigenvalue weighted by Crippen LogP contribution is -2.48. The van der Waals surface area contributed by atoms with Gasteiger partial charge < -0.3 is 27.6 Å². The highest BCUT2D eigenvalue weighted by Crippen LogP contribution is 2.45. The molecule has 9 aromatic rings. The molecule has 5 aliphatic rings. The Morgan fingerprint density at radius 1 is 0.500 bits per heavy atom. The molecule has 0 bridgehead atoms. The molecular formula is C59H59Cl4N9O8. The zero-order valence-corrected chi connectivity index (χ0v) is 47.6. The summed E-state index contributed by atoms with van der Waals surface area (Å²) in [5, 5.41) is 19.7. The van der Waals surface area contributed by atoms with E-state index in [4.69, 9.17) is 69.1 Å². The SMILES string of the molecule is Cc1cc(C(=O)Cl)nn1Cc1cc(Cl)cc2cc(C3CC3)oc12.Cc1cc(C(=O)N2CCOCC2)nn1Cc1cc(Cl)cc2cc(C3CC3)oc12.Cc1cc(C(=O)NN2CCOCC2)nn1Cc1cc(Cl)cc2cc(C3CC3)oc12. The summed E-state index contributed by atoms with van der Waals surface area (Å²) in [6, 6.07) is 23.1. The second kappa shape index (κ2) is 22.8. The van der Waals surface area contributed by atoms with Crippen molar-refractivity contribution in [2.45, 2.75) is 96.7 Å². The Morgan fingerprint density at radius 2 is 0.863 bits per heavy atom. The highest BCUT2D eigenvalue weighted by Gasteiger charge is 2.31. The number of fused-ring (bicyclic) bond motifs is 3. The fourth-order valence-electron chi connectivity index (χ4n) is 10.3. The van der Waals surface area contributed by atoms with Gasteiger partial charge in [0.25, 0.3) is 17.1 Å². The summed E-state index contributed by atoms with van der Waals surface area (Å²) in [4.78, 5) is 38.4. The van der Waals surface area contributed by atoms with Crippen molar-refractivity contribution in [1.82, 2.24) is 44.7 Å². The van der Waals surface area contributed by atoms with Gasteiger partial charge in [0.15, 0.2) is 11.4 Å². The van der Waals surface area contributed by atoms with Crippen molar-refractivity contribution in [2.24, 2.45) is 0 Å². The maximum Gasteiger partial charge on any atom is 0.286 e. The van der Waals surface area contributed by atoms with Gasteiger partial charge in [-0.2, -0.15) is 15.3 Å². The first-order valence-corrected chi connectivity index (χ1v) is 28.7. The van der Waals surface area contributed by atoms with Gasteiger partial charge in [0, 0.05) is 109 Å². The first kappa shape index (κ1) is 54.2. The molecule has 0 unspecified atom stereocenters. The third-order valence-corrected chi connectivity index (χ3v) is 15.9. The number of nitrogens with zero attached hydrogens (tertiary/aromatic N) is 8. The molecule has 14 rings (SSSR count). The Hall–Kier alpha value is -6.44. The van der Waals surface area contributed by atoms with Crippen molar-refractivity contribution in [2.75, 3.05) is 52.6 Å². The van der Waals surface area contributed by atoms with E-state index in [1.165, 1.54) is 38.5 Å². The molecule has 80 heavy (non-hydrogen) atoms. The number of aryl methyl sites for hydroxylation is 3. The van der Waals surface area contributed by atoms with Crippen LogP contribution in [-0.2, 0) is 29.1 Å². The molecule has 0 radical (unpaired) electrons. The molecule has 2 amide bonds. The lowest BCUT2D eigenvalue weighted by Gasteiger charge is -2.26. The van der Waals surface area contributed by atoms with Crippen molar-refractivity contribution in [3.05, 3.63) is 156 Å². The molecule has 416 valence electrons. The van der Waals surface area contributed by atoms with Crippen molar-refractivity contribution < 1.29 is 37.1 Å². The van der Waals surface area contributed by atoms with Crippen LogP contribution in [-0.4, -0.2) is 109 Å². The van der Waals surface area contributed by atoms with Crippen LogP contribution in [0.3, 0.4) is 0 Å². The number of carbonyl (C=O) groups excluding carboxylic acids is 3. The number of hydrogen-bond acceptors (Lipinski definition) is 12. The average molecular weight is 1160 g/mol. The normalized spacial score (nSPS) is 16.7. The monoisotopic (exact) mass is 1160 g/mol. The Kier molecular flexibility index (Phi) is 15.5. The average Bonchev–Trinajstić information content (AvgIpc) is 4.48. The highest BCUT2D eigenvalue weighted by molar-refractivity contribution is 6.67. The number of morpholine rings is 2. The van der Waals surface area contributed by atoms with Crippen LogP contribution in [0.25, 0.3) is 32.9 Å². The number of halogens is 4. The molecule has 0 spiro atoms. The number of ether oxygens (including phenoxy) is 2. The standard InChI is InChI=1S/C21H23ClN4O3.C21H22ClN3O3.C17H14Cl2N2O2/c1-13-8-18(21(27)24-25-4-6-28-7-5-25)23-26(13)12-16-10-17(22)9-15-11-19(14-2-3-14)29-20(15)16;1-13-8-18(21(26)24-4-6-27-7-5-24)23-25(13)12-16-10-17(22)9-15-11-19(14-2-3-14)28-20(15)16;1-9-4-14(17(19)22)20-21(9)8-12-6-13(18)5-11-7-15(10-2-3-10)23-16(11)12/h8-11,14H,2-7,12H2,1H3,(H,24,27);8-11,14H,2-7,12H2,1H3;4-7,10H,2-3,8H2,1H3. The van der Waals surface area contributed by atoms with Crippen LogP contribution in [0, 0.1) is 20.8 Å². The number of hydrogen-bond donors (Lipinski definition) is 1. The fourth-order valence-corrected chi connectivity index (χ4v) is 11.1. The molecule has 8 heterocycles. The third kappa shape index (κ3) is 12.2. The van der Waals surface area contributed by atoms with Crippen molar-refractivity contribution in [3.8, 4) is 0 Å². The highest BCUT2D eigenvalue weighted by atomic mass is 35.5. The van der Waals surface area contributed by atoms with Gasteiger partial charge in [-0.05, 0) is 144 Å². The number of aromatic nitrogens is 6. The van der Waals surface area contributed by atoms with Crippen LogP contribution in [0.4, 0.5) is 0 Å². The van der Waals surface area contributed by atoms with Crippen LogP contribution in [0.2, 0.25) is 15.1 Å². The van der Waals surface area contributed by atoms with Gasteiger partial charge >= 0.3 is 0 Å². The summed E-state index contributed by atoms with van der Waals surface area (Å²) >= 11 is 24.4. The fraction of sp³-hybridized carbons (Fsp3) is 0.390. The lowest BCUT2D eigenvalue weighted by atomic mass is 10.1.